The van der Waals surface area contributed by atoms with Gasteiger partial charge in [0.25, 0.3) is 0 Å². The first kappa shape index (κ1) is 10.9. The Balaban J connectivity index is 2.44. The van der Waals surface area contributed by atoms with Crippen LogP contribution in [0, 0.1) is 12.7 Å². The van der Waals surface area contributed by atoms with Gasteiger partial charge in [-0.3, -0.25) is 4.79 Å². The number of aliphatic carboxylic acids is 1. The van der Waals surface area contributed by atoms with Crippen LogP contribution in [0.3, 0.4) is 0 Å². The fourth-order valence-corrected chi connectivity index (χ4v) is 2.12. The molecule has 1 saturated carbocycles. The van der Waals surface area contributed by atoms with Gasteiger partial charge in [-0.1, -0.05) is 6.07 Å². The number of phenols is 1. The third-order valence-corrected chi connectivity index (χ3v) is 3.11. The number of hydrogen-bond donors (Lipinski definition) is 2. The Morgan fingerprint density at radius 3 is 2.62 bits per heavy atom. The fraction of sp³-hybridized carbons (Fsp3) is 0.417. The fourth-order valence-electron chi connectivity index (χ4n) is 2.12. The monoisotopic (exact) mass is 224 g/mol. The van der Waals surface area contributed by atoms with E-state index in [-0.39, 0.29) is 6.42 Å². The normalized spacial score (nSPS) is 17.1. The van der Waals surface area contributed by atoms with E-state index in [4.69, 9.17) is 5.11 Å². The lowest BCUT2D eigenvalue weighted by Gasteiger charge is -2.15. The number of carboxylic acid groups (broad SMARTS) is 1. The van der Waals surface area contributed by atoms with Crippen LogP contribution in [-0.4, -0.2) is 16.2 Å². The number of benzene rings is 1. The summed E-state index contributed by atoms with van der Waals surface area (Å²) in [5.41, 5.74) is 0.484. The molecule has 1 aromatic carbocycles. The Bertz CT molecular complexity index is 450. The molecule has 0 atom stereocenters. The zero-order chi connectivity index (χ0) is 11.9. The summed E-state index contributed by atoms with van der Waals surface area (Å²) in [5, 5.41) is 18.2. The largest absolute Gasteiger partial charge is 0.505 e. The smallest absolute Gasteiger partial charge is 0.304 e. The zero-order valence-electron chi connectivity index (χ0n) is 8.96. The van der Waals surface area contributed by atoms with Crippen molar-refractivity contribution >= 4 is 5.97 Å². The van der Waals surface area contributed by atoms with Gasteiger partial charge >= 0.3 is 5.97 Å². The van der Waals surface area contributed by atoms with Crippen molar-refractivity contribution in [3.8, 4) is 5.75 Å². The predicted octanol–water partition coefficient (Wildman–Crippen LogP) is 2.35. The summed E-state index contributed by atoms with van der Waals surface area (Å²) in [5.74, 6) is -2.01. The van der Waals surface area contributed by atoms with Gasteiger partial charge in [-0.15, -0.1) is 0 Å². The van der Waals surface area contributed by atoms with Crippen molar-refractivity contribution in [2.75, 3.05) is 0 Å². The zero-order valence-corrected chi connectivity index (χ0v) is 8.96. The van der Waals surface area contributed by atoms with Crippen LogP contribution in [0.15, 0.2) is 12.1 Å². The number of aromatic hydroxyl groups is 1. The molecule has 0 heterocycles. The molecule has 16 heavy (non-hydrogen) atoms. The van der Waals surface area contributed by atoms with E-state index < -0.39 is 23.0 Å². The van der Waals surface area contributed by atoms with Crippen molar-refractivity contribution in [2.24, 2.45) is 0 Å². The molecule has 0 aromatic heterocycles. The quantitative estimate of drug-likeness (QED) is 0.828. The number of hydrogen-bond acceptors (Lipinski definition) is 2. The molecular weight excluding hydrogens is 211 g/mol. The molecule has 2 rings (SSSR count). The molecule has 86 valence electrons. The summed E-state index contributed by atoms with van der Waals surface area (Å²) in [7, 11) is 0. The Hall–Kier alpha value is -1.58. The number of carbonyl (C=O) groups is 1. The molecule has 0 spiro atoms. The summed E-state index contributed by atoms with van der Waals surface area (Å²) in [6.07, 6.45) is 1.25. The first-order valence-corrected chi connectivity index (χ1v) is 5.16. The summed E-state index contributed by atoms with van der Waals surface area (Å²) in [4.78, 5) is 10.7. The molecule has 1 aliphatic rings. The van der Waals surface area contributed by atoms with Gasteiger partial charge in [0.05, 0.1) is 6.42 Å². The Labute approximate surface area is 92.5 Å². The third-order valence-electron chi connectivity index (χ3n) is 3.11. The van der Waals surface area contributed by atoms with Gasteiger partial charge in [0.2, 0.25) is 0 Å². The van der Waals surface area contributed by atoms with Crippen LogP contribution in [-0.2, 0) is 10.2 Å². The molecule has 2 N–H and O–H groups in total. The summed E-state index contributed by atoms with van der Waals surface area (Å²) in [6.45, 7) is 1.75. The standard InChI is InChI=1S/C12H13FO3/c1-7-4-8(11(13)9(14)5-7)12(2-3-12)6-10(15)16/h4-5,14H,2-3,6H2,1H3,(H,15,16). The average molecular weight is 224 g/mol. The summed E-state index contributed by atoms with van der Waals surface area (Å²) in [6, 6.07) is 2.97. The predicted molar refractivity (Wildman–Crippen MR) is 56.0 cm³/mol. The lowest BCUT2D eigenvalue weighted by molar-refractivity contribution is -0.137. The first-order chi connectivity index (χ1) is 7.44. The van der Waals surface area contributed by atoms with E-state index in [2.05, 4.69) is 0 Å². The average Bonchev–Trinajstić information content (AvgIpc) is 2.91. The van der Waals surface area contributed by atoms with E-state index >= 15 is 0 Å². The number of carboxylic acids is 1. The number of rotatable bonds is 3. The van der Waals surface area contributed by atoms with Crippen LogP contribution in [0.1, 0.15) is 30.4 Å². The molecule has 4 heteroatoms. The van der Waals surface area contributed by atoms with Gasteiger partial charge in [0.15, 0.2) is 11.6 Å². The van der Waals surface area contributed by atoms with Crippen LogP contribution < -0.4 is 0 Å². The van der Waals surface area contributed by atoms with Crippen LogP contribution in [0.4, 0.5) is 4.39 Å². The topological polar surface area (TPSA) is 57.5 Å². The van der Waals surface area contributed by atoms with E-state index in [0.29, 0.717) is 18.4 Å². The lowest BCUT2D eigenvalue weighted by atomic mass is 9.90. The lowest BCUT2D eigenvalue weighted by Crippen LogP contribution is -2.15. The maximum Gasteiger partial charge on any atom is 0.304 e. The highest BCUT2D eigenvalue weighted by Gasteiger charge is 2.48. The highest BCUT2D eigenvalue weighted by atomic mass is 19.1. The minimum atomic E-state index is -0.933. The van der Waals surface area contributed by atoms with Crippen molar-refractivity contribution in [3.05, 3.63) is 29.1 Å². The molecular formula is C12H13FO3. The van der Waals surface area contributed by atoms with Crippen LogP contribution in [0.25, 0.3) is 0 Å². The molecule has 1 aromatic rings. The Kier molecular flexibility index (Phi) is 2.37. The van der Waals surface area contributed by atoms with Crippen molar-refractivity contribution in [3.63, 3.8) is 0 Å². The summed E-state index contributed by atoms with van der Waals surface area (Å²) < 4.78 is 13.7. The molecule has 0 amide bonds. The van der Waals surface area contributed by atoms with Gasteiger partial charge in [-0.25, -0.2) is 4.39 Å². The molecule has 0 bridgehead atoms. The SMILES string of the molecule is Cc1cc(O)c(F)c(C2(CC(=O)O)CC2)c1. The molecule has 0 aliphatic heterocycles. The minimum Gasteiger partial charge on any atom is -0.505 e. The van der Waals surface area contributed by atoms with Crippen molar-refractivity contribution in [2.45, 2.75) is 31.6 Å². The van der Waals surface area contributed by atoms with E-state index in [1.54, 1.807) is 13.0 Å². The first-order valence-electron chi connectivity index (χ1n) is 5.16. The second kappa shape index (κ2) is 3.47. The Morgan fingerprint density at radius 1 is 1.50 bits per heavy atom. The van der Waals surface area contributed by atoms with E-state index in [0.717, 1.165) is 5.56 Å². The van der Waals surface area contributed by atoms with Crippen molar-refractivity contribution in [1.29, 1.82) is 0 Å². The number of halogens is 1. The molecule has 1 fully saturated rings. The van der Waals surface area contributed by atoms with Crippen molar-refractivity contribution in [1.82, 2.24) is 0 Å². The maximum absolute atomic E-state index is 13.7. The van der Waals surface area contributed by atoms with E-state index in [1.807, 2.05) is 0 Å². The highest BCUT2D eigenvalue weighted by molar-refractivity contribution is 5.70. The molecule has 0 unspecified atom stereocenters. The molecule has 0 radical (unpaired) electrons. The van der Waals surface area contributed by atoms with Crippen LogP contribution in [0.5, 0.6) is 5.75 Å². The summed E-state index contributed by atoms with van der Waals surface area (Å²) >= 11 is 0. The van der Waals surface area contributed by atoms with Crippen molar-refractivity contribution < 1.29 is 19.4 Å². The van der Waals surface area contributed by atoms with Gasteiger partial charge in [-0.2, -0.15) is 0 Å². The molecule has 0 saturated heterocycles. The third kappa shape index (κ3) is 1.75. The second-order valence-corrected chi connectivity index (χ2v) is 4.50. The van der Waals surface area contributed by atoms with E-state index in [9.17, 15) is 14.3 Å². The van der Waals surface area contributed by atoms with Gasteiger partial charge in [0.1, 0.15) is 0 Å². The maximum atomic E-state index is 13.7. The van der Waals surface area contributed by atoms with Gasteiger partial charge < -0.3 is 10.2 Å². The van der Waals surface area contributed by atoms with Gasteiger partial charge in [0, 0.05) is 5.41 Å². The van der Waals surface area contributed by atoms with Gasteiger partial charge in [-0.05, 0) is 37.0 Å². The van der Waals surface area contributed by atoms with Crippen LogP contribution in [0.2, 0.25) is 0 Å². The molecule has 1 aliphatic carbocycles. The highest BCUT2D eigenvalue weighted by Crippen LogP contribution is 2.52. The van der Waals surface area contributed by atoms with E-state index in [1.165, 1.54) is 6.07 Å². The van der Waals surface area contributed by atoms with Crippen LogP contribution >= 0.6 is 0 Å². The Morgan fingerprint density at radius 2 is 2.12 bits per heavy atom. The number of phenolic OH excluding ortho intramolecular Hbond substituents is 1. The second-order valence-electron chi connectivity index (χ2n) is 4.50. The molecule has 3 nitrogen and oxygen atoms in total. The minimum absolute atomic E-state index is 0.0766. The number of aryl methyl sites for hydroxylation is 1.